The van der Waals surface area contributed by atoms with Crippen molar-refractivity contribution in [2.45, 2.75) is 24.8 Å². The van der Waals surface area contributed by atoms with Crippen LogP contribution < -0.4 is 4.72 Å². The molecule has 0 aliphatic carbocycles. The highest BCUT2D eigenvalue weighted by Crippen LogP contribution is 2.19. The van der Waals surface area contributed by atoms with Crippen LogP contribution in [0, 0.1) is 5.82 Å². The van der Waals surface area contributed by atoms with Gasteiger partial charge in [0.1, 0.15) is 10.7 Å². The molecule has 2 aromatic rings. The minimum atomic E-state index is -3.90. The van der Waals surface area contributed by atoms with E-state index in [1.165, 1.54) is 12.1 Å². The monoisotopic (exact) mass is 375 g/mol. The van der Waals surface area contributed by atoms with Crippen molar-refractivity contribution in [1.82, 2.24) is 14.5 Å². The topological polar surface area (TPSA) is 64.0 Å². The molecule has 8 heteroatoms. The number of hydrogen-bond donors (Lipinski definition) is 1. The number of hydrogen-bond acceptors (Lipinski definition) is 3. The van der Waals surface area contributed by atoms with E-state index in [0.29, 0.717) is 10.9 Å². The number of nitrogens with zero attached hydrogens (tertiary/aromatic N) is 2. The molecule has 0 fully saturated rings. The van der Waals surface area contributed by atoms with Crippen LogP contribution in [0.4, 0.5) is 4.39 Å². The molecule has 5 nitrogen and oxygen atoms in total. The summed E-state index contributed by atoms with van der Waals surface area (Å²) in [6.07, 6.45) is 2.45. The molecular weight excluding hydrogens is 361 g/mol. The minimum absolute atomic E-state index is 0.0782. The molecule has 1 N–H and O–H groups in total. The number of aromatic nitrogens is 2. The molecule has 0 radical (unpaired) electrons. The highest BCUT2D eigenvalue weighted by Gasteiger charge is 2.19. The van der Waals surface area contributed by atoms with Gasteiger partial charge in [0, 0.05) is 29.8 Å². The van der Waals surface area contributed by atoms with Crippen LogP contribution in [0.3, 0.4) is 0 Å². The Labute approximate surface area is 131 Å². The molecule has 0 atom stereocenters. The zero-order valence-electron chi connectivity index (χ0n) is 11.6. The summed E-state index contributed by atoms with van der Waals surface area (Å²) in [5.74, 6) is -0.793. The third-order valence-corrected chi connectivity index (χ3v) is 4.89. The highest BCUT2D eigenvalue weighted by molar-refractivity contribution is 9.10. The van der Waals surface area contributed by atoms with Crippen molar-refractivity contribution >= 4 is 26.0 Å². The molecule has 1 aromatic heterocycles. The predicted octanol–water partition coefficient (Wildman–Crippen LogP) is 2.36. The van der Waals surface area contributed by atoms with E-state index in [4.69, 9.17) is 0 Å². The smallest absolute Gasteiger partial charge is 0.243 e. The van der Waals surface area contributed by atoms with E-state index >= 15 is 0 Å². The molecule has 1 aromatic carbocycles. The van der Waals surface area contributed by atoms with Gasteiger partial charge in [-0.05, 0) is 24.6 Å². The summed E-state index contributed by atoms with van der Waals surface area (Å²) in [4.78, 5) is -0.368. The summed E-state index contributed by atoms with van der Waals surface area (Å²) < 4.78 is 42.6. The average molecular weight is 376 g/mol. The van der Waals surface area contributed by atoms with Crippen LogP contribution in [0.1, 0.15) is 18.2 Å². The van der Waals surface area contributed by atoms with Gasteiger partial charge < -0.3 is 0 Å². The second-order valence-electron chi connectivity index (χ2n) is 4.53. The number of nitrogens with one attached hydrogen (secondary N) is 1. The van der Waals surface area contributed by atoms with E-state index in [1.54, 1.807) is 17.9 Å². The van der Waals surface area contributed by atoms with Gasteiger partial charge in [0.2, 0.25) is 10.0 Å². The van der Waals surface area contributed by atoms with E-state index in [0.717, 1.165) is 17.3 Å². The number of benzene rings is 1. The third kappa shape index (κ3) is 3.69. The van der Waals surface area contributed by atoms with Crippen LogP contribution in [0.5, 0.6) is 0 Å². The maximum atomic E-state index is 13.8. The molecule has 0 amide bonds. The Kier molecular flexibility index (Phi) is 4.80. The lowest BCUT2D eigenvalue weighted by Gasteiger charge is -2.07. The first-order chi connectivity index (χ1) is 9.83. The maximum Gasteiger partial charge on any atom is 0.243 e. The first kappa shape index (κ1) is 16.1. The molecule has 2 rings (SSSR count). The SMILES string of the molecule is CCc1nn(C)cc1CNS(=O)(=O)c1ccc(Br)cc1F. The number of halogens is 2. The van der Waals surface area contributed by atoms with Crippen LogP contribution in [0.15, 0.2) is 33.8 Å². The van der Waals surface area contributed by atoms with Gasteiger partial charge in [-0.15, -0.1) is 0 Å². The molecule has 114 valence electrons. The van der Waals surface area contributed by atoms with Crippen molar-refractivity contribution in [3.8, 4) is 0 Å². The van der Waals surface area contributed by atoms with Crippen molar-refractivity contribution < 1.29 is 12.8 Å². The summed E-state index contributed by atoms with van der Waals surface area (Å²) in [5.41, 5.74) is 1.59. The van der Waals surface area contributed by atoms with Crippen molar-refractivity contribution in [1.29, 1.82) is 0 Å². The Morgan fingerprint density at radius 3 is 2.76 bits per heavy atom. The van der Waals surface area contributed by atoms with Gasteiger partial charge >= 0.3 is 0 Å². The van der Waals surface area contributed by atoms with E-state index in [2.05, 4.69) is 25.8 Å². The lowest BCUT2D eigenvalue weighted by Crippen LogP contribution is -2.24. The molecule has 0 aliphatic rings. The van der Waals surface area contributed by atoms with E-state index < -0.39 is 15.8 Å². The number of aryl methyl sites for hydroxylation is 2. The van der Waals surface area contributed by atoms with Crippen molar-refractivity contribution in [3.05, 3.63) is 45.9 Å². The fraction of sp³-hybridized carbons (Fsp3) is 0.308. The number of rotatable bonds is 5. The maximum absolute atomic E-state index is 13.8. The van der Waals surface area contributed by atoms with Gasteiger partial charge in [0.05, 0.1) is 5.69 Å². The first-order valence-corrected chi connectivity index (χ1v) is 8.57. The van der Waals surface area contributed by atoms with Gasteiger partial charge in [-0.1, -0.05) is 22.9 Å². The van der Waals surface area contributed by atoms with Crippen LogP contribution in [0.2, 0.25) is 0 Å². The average Bonchev–Trinajstić information content (AvgIpc) is 2.76. The Morgan fingerprint density at radius 2 is 2.14 bits per heavy atom. The van der Waals surface area contributed by atoms with Gasteiger partial charge in [0.15, 0.2) is 0 Å². The normalized spacial score (nSPS) is 11.8. The molecule has 1 heterocycles. The van der Waals surface area contributed by atoms with E-state index in [-0.39, 0.29) is 11.4 Å². The minimum Gasteiger partial charge on any atom is -0.275 e. The van der Waals surface area contributed by atoms with Crippen molar-refractivity contribution in [2.75, 3.05) is 0 Å². The lowest BCUT2D eigenvalue weighted by atomic mass is 10.2. The zero-order chi connectivity index (χ0) is 15.6. The molecule has 0 saturated carbocycles. The Bertz CT molecular complexity index is 759. The molecule has 21 heavy (non-hydrogen) atoms. The molecular formula is C13H15BrFN3O2S. The van der Waals surface area contributed by atoms with Crippen molar-refractivity contribution in [3.63, 3.8) is 0 Å². The van der Waals surface area contributed by atoms with Gasteiger partial charge in [-0.25, -0.2) is 17.5 Å². The molecule has 0 bridgehead atoms. The van der Waals surface area contributed by atoms with Gasteiger partial charge in [-0.2, -0.15) is 5.10 Å². The zero-order valence-corrected chi connectivity index (χ0v) is 14.0. The third-order valence-electron chi connectivity index (χ3n) is 2.96. The molecule has 0 aliphatic heterocycles. The molecule has 0 saturated heterocycles. The molecule has 0 unspecified atom stereocenters. The fourth-order valence-electron chi connectivity index (χ4n) is 1.97. The Morgan fingerprint density at radius 1 is 1.43 bits per heavy atom. The summed E-state index contributed by atoms with van der Waals surface area (Å²) in [6, 6.07) is 3.83. The quantitative estimate of drug-likeness (QED) is 0.872. The first-order valence-electron chi connectivity index (χ1n) is 6.29. The van der Waals surface area contributed by atoms with E-state index in [9.17, 15) is 12.8 Å². The summed E-state index contributed by atoms with van der Waals surface area (Å²) in [7, 11) is -2.14. The Hall–Kier alpha value is -1.25. The summed E-state index contributed by atoms with van der Waals surface area (Å²) in [6.45, 7) is 2.02. The fourth-order valence-corrected chi connectivity index (χ4v) is 3.37. The van der Waals surface area contributed by atoms with E-state index in [1.807, 2.05) is 6.92 Å². The Balaban J connectivity index is 2.21. The van der Waals surface area contributed by atoms with Crippen LogP contribution >= 0.6 is 15.9 Å². The lowest BCUT2D eigenvalue weighted by molar-refractivity contribution is 0.556. The van der Waals surface area contributed by atoms with Gasteiger partial charge in [0.25, 0.3) is 0 Å². The van der Waals surface area contributed by atoms with Crippen LogP contribution in [0.25, 0.3) is 0 Å². The summed E-state index contributed by atoms with van der Waals surface area (Å²) >= 11 is 3.09. The summed E-state index contributed by atoms with van der Waals surface area (Å²) in [5, 5.41) is 4.23. The molecule has 0 spiro atoms. The van der Waals surface area contributed by atoms with Crippen LogP contribution in [-0.2, 0) is 30.0 Å². The van der Waals surface area contributed by atoms with Gasteiger partial charge in [-0.3, -0.25) is 4.68 Å². The number of sulfonamides is 1. The predicted molar refractivity (Wildman–Crippen MR) is 80.7 cm³/mol. The highest BCUT2D eigenvalue weighted by atomic mass is 79.9. The van der Waals surface area contributed by atoms with Crippen molar-refractivity contribution in [2.24, 2.45) is 7.05 Å². The largest absolute Gasteiger partial charge is 0.275 e. The second kappa shape index (κ2) is 6.25. The standard InChI is InChI=1S/C13H15BrFN3O2S/c1-3-12-9(8-18(2)17-12)7-16-21(19,20)13-5-4-10(14)6-11(13)15/h4-6,8,16H,3,7H2,1-2H3. The van der Waals surface area contributed by atoms with Crippen LogP contribution in [-0.4, -0.2) is 18.2 Å². The second-order valence-corrected chi connectivity index (χ2v) is 7.18.